The Morgan fingerprint density at radius 2 is 1.71 bits per heavy atom. The van der Waals surface area contributed by atoms with Crippen molar-refractivity contribution in [2.24, 2.45) is 0 Å². The fourth-order valence-electron chi connectivity index (χ4n) is 3.24. The molecule has 0 aliphatic carbocycles. The Balaban J connectivity index is 1.62. The molecule has 24 heavy (non-hydrogen) atoms. The van der Waals surface area contributed by atoms with Gasteiger partial charge in [-0.3, -0.25) is 4.79 Å². The van der Waals surface area contributed by atoms with Gasteiger partial charge in [0.2, 0.25) is 0 Å². The number of quaternary nitrogens is 1. The van der Waals surface area contributed by atoms with Gasteiger partial charge in [0, 0.05) is 35.4 Å². The Kier molecular flexibility index (Phi) is 5.94. The molecule has 0 saturated carbocycles. The summed E-state index contributed by atoms with van der Waals surface area (Å²) in [5.74, 6) is -0.00836. The van der Waals surface area contributed by atoms with Crippen LogP contribution in [0.2, 0.25) is 0 Å². The van der Waals surface area contributed by atoms with Crippen LogP contribution in [0.4, 0.5) is 0 Å². The van der Waals surface area contributed by atoms with E-state index in [1.165, 1.54) is 42.0 Å². The van der Waals surface area contributed by atoms with Crippen LogP contribution < -0.4 is 10.2 Å². The maximum Gasteiger partial charge on any atom is 0.251 e. The molecule has 0 atom stereocenters. The number of amides is 1. The van der Waals surface area contributed by atoms with Crippen molar-refractivity contribution in [3.63, 3.8) is 0 Å². The molecule has 1 aliphatic rings. The molecule has 0 bridgehead atoms. The van der Waals surface area contributed by atoms with Crippen molar-refractivity contribution in [3.05, 3.63) is 65.2 Å². The molecule has 2 N–H and O–H groups in total. The van der Waals surface area contributed by atoms with Crippen LogP contribution in [-0.2, 0) is 13.1 Å². The van der Waals surface area contributed by atoms with Crippen molar-refractivity contribution >= 4 is 17.7 Å². The number of likely N-dealkylation sites (tertiary alicyclic amines) is 1. The van der Waals surface area contributed by atoms with Gasteiger partial charge in [-0.05, 0) is 36.1 Å². The molecule has 1 saturated heterocycles. The van der Waals surface area contributed by atoms with Crippen LogP contribution in [0.15, 0.2) is 53.4 Å². The number of benzene rings is 2. The molecule has 1 amide bonds. The number of carbonyl (C=O) groups is 1. The highest BCUT2D eigenvalue weighted by atomic mass is 32.2. The normalized spacial score (nSPS) is 14.7. The highest BCUT2D eigenvalue weighted by Gasteiger charge is 2.17. The van der Waals surface area contributed by atoms with E-state index in [2.05, 4.69) is 29.6 Å². The van der Waals surface area contributed by atoms with E-state index in [0.29, 0.717) is 6.54 Å². The van der Waals surface area contributed by atoms with Crippen molar-refractivity contribution in [3.8, 4) is 0 Å². The van der Waals surface area contributed by atoms with Gasteiger partial charge in [0.25, 0.3) is 5.91 Å². The summed E-state index contributed by atoms with van der Waals surface area (Å²) in [5, 5.41) is 3.06. The first-order valence-corrected chi connectivity index (χ1v) is 9.81. The van der Waals surface area contributed by atoms with Gasteiger partial charge in [-0.25, -0.2) is 0 Å². The molecule has 0 radical (unpaired) electrons. The summed E-state index contributed by atoms with van der Waals surface area (Å²) < 4.78 is 0. The molecule has 1 fully saturated rings. The maximum atomic E-state index is 12.4. The molecule has 3 nitrogen and oxygen atoms in total. The van der Waals surface area contributed by atoms with Crippen LogP contribution in [-0.4, -0.2) is 25.3 Å². The molecule has 126 valence electrons. The zero-order valence-corrected chi connectivity index (χ0v) is 15.0. The molecule has 0 spiro atoms. The number of rotatable bonds is 6. The third-order valence-corrected chi connectivity index (χ3v) is 5.40. The van der Waals surface area contributed by atoms with E-state index in [1.807, 2.05) is 30.5 Å². The lowest BCUT2D eigenvalue weighted by molar-refractivity contribution is -0.901. The third kappa shape index (κ3) is 4.40. The Labute approximate surface area is 148 Å². The number of nitrogens with one attached hydrogen (secondary N) is 2. The second kappa shape index (κ2) is 8.36. The van der Waals surface area contributed by atoms with Gasteiger partial charge in [0.1, 0.15) is 6.54 Å². The number of carbonyl (C=O) groups excluding carboxylic acids is 1. The minimum Gasteiger partial charge on any atom is -0.348 e. The summed E-state index contributed by atoms with van der Waals surface area (Å²) in [4.78, 5) is 15.2. The summed E-state index contributed by atoms with van der Waals surface area (Å²) in [6.07, 6.45) is 4.70. The molecular formula is C20H25N2OS+. The van der Waals surface area contributed by atoms with E-state index in [4.69, 9.17) is 0 Å². The van der Waals surface area contributed by atoms with Crippen molar-refractivity contribution in [2.75, 3.05) is 19.3 Å². The van der Waals surface area contributed by atoms with Gasteiger partial charge in [-0.2, -0.15) is 0 Å². The van der Waals surface area contributed by atoms with Crippen LogP contribution in [0, 0.1) is 0 Å². The van der Waals surface area contributed by atoms with Crippen LogP contribution in [0.25, 0.3) is 0 Å². The Bertz CT molecular complexity index is 678. The van der Waals surface area contributed by atoms with Crippen LogP contribution in [0.1, 0.15) is 34.3 Å². The van der Waals surface area contributed by atoms with E-state index >= 15 is 0 Å². The number of thioether (sulfide) groups is 1. The summed E-state index contributed by atoms with van der Waals surface area (Å²) in [7, 11) is 0. The highest BCUT2D eigenvalue weighted by molar-refractivity contribution is 7.98. The van der Waals surface area contributed by atoms with Gasteiger partial charge in [0.05, 0.1) is 13.1 Å². The molecule has 2 aromatic rings. The molecule has 4 heteroatoms. The van der Waals surface area contributed by atoms with E-state index in [0.717, 1.165) is 12.1 Å². The average Bonchev–Trinajstić information content (AvgIpc) is 3.14. The average molecular weight is 342 g/mol. The van der Waals surface area contributed by atoms with Crippen molar-refractivity contribution < 1.29 is 9.69 Å². The van der Waals surface area contributed by atoms with E-state index in [9.17, 15) is 4.79 Å². The predicted molar refractivity (Wildman–Crippen MR) is 99.5 cm³/mol. The lowest BCUT2D eigenvalue weighted by atomic mass is 10.1. The molecule has 1 aliphatic heterocycles. The maximum absolute atomic E-state index is 12.4. The second-order valence-electron chi connectivity index (χ2n) is 6.31. The van der Waals surface area contributed by atoms with E-state index in [1.54, 1.807) is 16.7 Å². The standard InChI is InChI=1S/C20H24N2OS/c1-24-19-10-8-16(9-11-19)20(23)21-14-17-6-2-3-7-18(17)15-22-12-4-5-13-22/h2-3,6-11H,4-5,12-15H2,1H3,(H,21,23)/p+1. The van der Waals surface area contributed by atoms with Crippen LogP contribution in [0.5, 0.6) is 0 Å². The smallest absolute Gasteiger partial charge is 0.251 e. The first-order valence-electron chi connectivity index (χ1n) is 8.59. The summed E-state index contributed by atoms with van der Waals surface area (Å²) in [6, 6.07) is 16.2. The van der Waals surface area contributed by atoms with Crippen LogP contribution >= 0.6 is 11.8 Å². The zero-order chi connectivity index (χ0) is 16.8. The summed E-state index contributed by atoms with van der Waals surface area (Å²) in [5.41, 5.74) is 3.30. The summed E-state index contributed by atoms with van der Waals surface area (Å²) in [6.45, 7) is 4.19. The lowest BCUT2D eigenvalue weighted by Crippen LogP contribution is -3.08. The van der Waals surface area contributed by atoms with Crippen molar-refractivity contribution in [1.29, 1.82) is 0 Å². The van der Waals surface area contributed by atoms with E-state index in [-0.39, 0.29) is 5.91 Å². The van der Waals surface area contributed by atoms with Crippen molar-refractivity contribution in [2.45, 2.75) is 30.8 Å². The van der Waals surface area contributed by atoms with Gasteiger partial charge < -0.3 is 10.2 Å². The van der Waals surface area contributed by atoms with Gasteiger partial charge in [-0.1, -0.05) is 24.3 Å². The fourth-order valence-corrected chi connectivity index (χ4v) is 3.65. The molecule has 0 unspecified atom stereocenters. The Hall–Kier alpha value is -1.78. The lowest BCUT2D eigenvalue weighted by Gasteiger charge is -2.15. The highest BCUT2D eigenvalue weighted by Crippen LogP contribution is 2.15. The minimum atomic E-state index is -0.00836. The SMILES string of the molecule is CSc1ccc(C(=O)NCc2ccccc2C[NH+]2CCCC2)cc1. The molecule has 1 heterocycles. The Morgan fingerprint density at radius 3 is 2.38 bits per heavy atom. The van der Waals surface area contributed by atoms with E-state index < -0.39 is 0 Å². The van der Waals surface area contributed by atoms with Crippen LogP contribution in [0.3, 0.4) is 0 Å². The minimum absolute atomic E-state index is 0.00836. The predicted octanol–water partition coefficient (Wildman–Crippen LogP) is 2.52. The third-order valence-electron chi connectivity index (χ3n) is 4.66. The zero-order valence-electron chi connectivity index (χ0n) is 14.2. The topological polar surface area (TPSA) is 33.5 Å². The number of hydrogen-bond acceptors (Lipinski definition) is 2. The molecule has 3 rings (SSSR count). The number of hydrogen-bond donors (Lipinski definition) is 2. The molecule has 0 aromatic heterocycles. The first kappa shape index (κ1) is 17.1. The van der Waals surface area contributed by atoms with Gasteiger partial charge in [-0.15, -0.1) is 11.8 Å². The monoisotopic (exact) mass is 341 g/mol. The largest absolute Gasteiger partial charge is 0.348 e. The quantitative estimate of drug-likeness (QED) is 0.792. The van der Waals surface area contributed by atoms with Crippen molar-refractivity contribution in [1.82, 2.24) is 5.32 Å². The summed E-state index contributed by atoms with van der Waals surface area (Å²) >= 11 is 1.68. The van der Waals surface area contributed by atoms with Gasteiger partial charge >= 0.3 is 0 Å². The molecule has 2 aromatic carbocycles. The first-order chi connectivity index (χ1) is 11.8. The fraction of sp³-hybridized carbons (Fsp3) is 0.350. The molecular weight excluding hydrogens is 316 g/mol. The Morgan fingerprint density at radius 1 is 1.04 bits per heavy atom. The van der Waals surface area contributed by atoms with Gasteiger partial charge in [0.15, 0.2) is 0 Å². The second-order valence-corrected chi connectivity index (χ2v) is 7.19.